The predicted molar refractivity (Wildman–Crippen MR) is 87.7 cm³/mol. The molecule has 0 amide bonds. The lowest BCUT2D eigenvalue weighted by atomic mass is 10.2. The van der Waals surface area contributed by atoms with Gasteiger partial charge in [-0.1, -0.05) is 29.5 Å². The van der Waals surface area contributed by atoms with Crippen molar-refractivity contribution in [2.24, 2.45) is 0 Å². The third kappa shape index (κ3) is 1.69. The zero-order valence-electron chi connectivity index (χ0n) is 12.4. The number of hydrogen-bond donors (Lipinski definition) is 0. The molecule has 0 N–H and O–H groups in total. The van der Waals surface area contributed by atoms with Gasteiger partial charge in [-0.2, -0.15) is 9.78 Å². The summed E-state index contributed by atoms with van der Waals surface area (Å²) in [5, 5.41) is 14.1. The van der Waals surface area contributed by atoms with Crippen molar-refractivity contribution >= 4 is 27.6 Å². The number of benzene rings is 2. The van der Waals surface area contributed by atoms with E-state index in [0.29, 0.717) is 0 Å². The van der Waals surface area contributed by atoms with Gasteiger partial charge in [0.1, 0.15) is 5.52 Å². The van der Waals surface area contributed by atoms with Crippen LogP contribution in [0.5, 0.6) is 0 Å². The molecule has 0 saturated carbocycles. The molecule has 3 aromatic heterocycles. The van der Waals surface area contributed by atoms with Crippen LogP contribution in [0.25, 0.3) is 33.4 Å². The molecule has 2 aromatic carbocycles. The maximum atomic E-state index is 4.78. The Hall–Kier alpha value is -3.28. The fourth-order valence-corrected chi connectivity index (χ4v) is 2.95. The van der Waals surface area contributed by atoms with E-state index in [4.69, 9.17) is 4.98 Å². The first kappa shape index (κ1) is 12.3. The minimum absolute atomic E-state index is 0.765. The van der Waals surface area contributed by atoms with Gasteiger partial charge in [0.05, 0.1) is 16.7 Å². The minimum atomic E-state index is 0.765. The van der Waals surface area contributed by atoms with E-state index in [1.54, 1.807) is 4.68 Å². The molecule has 0 saturated heterocycles. The number of para-hydroxylation sites is 2. The normalized spacial score (nSPS) is 11.7. The van der Waals surface area contributed by atoms with Crippen molar-refractivity contribution in [1.29, 1.82) is 0 Å². The molecular weight excluding hydrogens is 288 g/mol. The van der Waals surface area contributed by atoms with Crippen molar-refractivity contribution in [2.45, 2.75) is 6.92 Å². The van der Waals surface area contributed by atoms with E-state index in [1.165, 1.54) is 0 Å². The van der Waals surface area contributed by atoms with Crippen molar-refractivity contribution in [3.8, 4) is 5.82 Å². The third-order valence-corrected chi connectivity index (χ3v) is 3.96. The molecule has 3 heterocycles. The van der Waals surface area contributed by atoms with Gasteiger partial charge >= 0.3 is 0 Å². The second-order valence-electron chi connectivity index (χ2n) is 5.50. The highest BCUT2D eigenvalue weighted by atomic mass is 15.4. The van der Waals surface area contributed by atoms with Crippen molar-refractivity contribution in [1.82, 2.24) is 29.6 Å². The van der Waals surface area contributed by atoms with Crippen LogP contribution in [0, 0.1) is 6.92 Å². The van der Waals surface area contributed by atoms with Crippen LogP contribution in [0.1, 0.15) is 5.69 Å². The Morgan fingerprint density at radius 3 is 2.61 bits per heavy atom. The number of hydrogen-bond acceptors (Lipinski definition) is 4. The minimum Gasteiger partial charge on any atom is -0.214 e. The fraction of sp³-hybridized carbons (Fsp3) is 0.0588. The molecule has 6 heteroatoms. The number of aromatic nitrogens is 6. The summed E-state index contributed by atoms with van der Waals surface area (Å²) in [6.45, 7) is 1.97. The van der Waals surface area contributed by atoms with E-state index in [0.717, 1.165) is 39.1 Å². The Kier molecular flexibility index (Phi) is 2.33. The quantitative estimate of drug-likeness (QED) is 0.477. The van der Waals surface area contributed by atoms with E-state index in [2.05, 4.69) is 15.4 Å². The summed E-state index contributed by atoms with van der Waals surface area (Å²) >= 11 is 0. The van der Waals surface area contributed by atoms with Crippen molar-refractivity contribution in [3.63, 3.8) is 0 Å². The fourth-order valence-electron chi connectivity index (χ4n) is 2.95. The molecule has 0 atom stereocenters. The van der Waals surface area contributed by atoms with Gasteiger partial charge < -0.3 is 0 Å². The van der Waals surface area contributed by atoms with Gasteiger partial charge in [-0.05, 0) is 31.2 Å². The van der Waals surface area contributed by atoms with Gasteiger partial charge in [-0.3, -0.25) is 0 Å². The summed E-state index contributed by atoms with van der Waals surface area (Å²) in [7, 11) is 0. The van der Waals surface area contributed by atoms with Crippen molar-refractivity contribution < 1.29 is 0 Å². The lowest BCUT2D eigenvalue weighted by Crippen LogP contribution is -2.04. The van der Waals surface area contributed by atoms with Gasteiger partial charge in [0.2, 0.25) is 0 Å². The highest BCUT2D eigenvalue weighted by Crippen LogP contribution is 2.24. The number of nitrogens with zero attached hydrogens (tertiary/aromatic N) is 6. The number of aryl methyl sites for hydroxylation is 1. The zero-order chi connectivity index (χ0) is 15.4. The second-order valence-corrected chi connectivity index (χ2v) is 5.50. The van der Waals surface area contributed by atoms with Gasteiger partial charge in [-0.25, -0.2) is 9.50 Å². The molecule has 0 spiro atoms. The monoisotopic (exact) mass is 300 g/mol. The average molecular weight is 300 g/mol. The molecule has 5 aromatic rings. The van der Waals surface area contributed by atoms with E-state index >= 15 is 0 Å². The molecule has 0 aliphatic heterocycles. The molecule has 0 aliphatic carbocycles. The highest BCUT2D eigenvalue weighted by molar-refractivity contribution is 5.89. The van der Waals surface area contributed by atoms with Crippen LogP contribution in [0.2, 0.25) is 0 Å². The smallest absolute Gasteiger partial charge is 0.167 e. The molecule has 6 nitrogen and oxygen atoms in total. The predicted octanol–water partition coefficient (Wildman–Crippen LogP) is 2.92. The molecule has 0 unspecified atom stereocenters. The largest absolute Gasteiger partial charge is 0.214 e. The summed E-state index contributed by atoms with van der Waals surface area (Å²) in [6.07, 6.45) is 0. The molecule has 23 heavy (non-hydrogen) atoms. The molecule has 0 bridgehead atoms. The van der Waals surface area contributed by atoms with Crippen LogP contribution in [0.15, 0.2) is 54.6 Å². The number of rotatable bonds is 1. The first-order valence-corrected chi connectivity index (χ1v) is 7.37. The lowest BCUT2D eigenvalue weighted by molar-refractivity contribution is 0.805. The highest BCUT2D eigenvalue weighted by Gasteiger charge is 2.14. The van der Waals surface area contributed by atoms with E-state index in [9.17, 15) is 0 Å². The maximum Gasteiger partial charge on any atom is 0.167 e. The van der Waals surface area contributed by atoms with Crippen LogP contribution < -0.4 is 0 Å². The number of fused-ring (bicyclic) bond motifs is 4. The summed E-state index contributed by atoms with van der Waals surface area (Å²) in [5.74, 6) is 0.765. The molecule has 0 aliphatic rings. The standard InChI is InChI=1S/C17H12N6/c1-11-10-16-18-17(12-6-2-4-8-14(12)22(16)20-11)23-15-9-5-3-7-13(15)19-21-23/h2-10H,1H3. The summed E-state index contributed by atoms with van der Waals surface area (Å²) < 4.78 is 3.66. The molecular formula is C17H12N6. The van der Waals surface area contributed by atoms with Crippen molar-refractivity contribution in [2.75, 3.05) is 0 Å². The van der Waals surface area contributed by atoms with Crippen LogP contribution in [-0.2, 0) is 0 Å². The summed E-state index contributed by atoms with van der Waals surface area (Å²) in [4.78, 5) is 4.78. The van der Waals surface area contributed by atoms with Gasteiger partial charge in [0, 0.05) is 11.5 Å². The van der Waals surface area contributed by atoms with E-state index < -0.39 is 0 Å². The van der Waals surface area contributed by atoms with Crippen molar-refractivity contribution in [3.05, 3.63) is 60.3 Å². The van der Waals surface area contributed by atoms with Gasteiger partial charge in [-0.15, -0.1) is 5.10 Å². The second kappa shape index (κ2) is 4.36. The van der Waals surface area contributed by atoms with Gasteiger partial charge in [0.25, 0.3) is 0 Å². The Bertz CT molecular complexity index is 1180. The first-order valence-electron chi connectivity index (χ1n) is 7.37. The van der Waals surface area contributed by atoms with E-state index in [1.807, 2.05) is 66.0 Å². The lowest BCUT2D eigenvalue weighted by Gasteiger charge is -2.08. The topological polar surface area (TPSA) is 60.9 Å². The summed E-state index contributed by atoms with van der Waals surface area (Å²) in [6, 6.07) is 17.9. The Balaban J connectivity index is 1.96. The molecule has 0 radical (unpaired) electrons. The van der Waals surface area contributed by atoms with Crippen LogP contribution in [0.4, 0.5) is 0 Å². The SMILES string of the molecule is Cc1cc2nc(-n3nnc4ccccc43)c3ccccc3n2n1. The Morgan fingerprint density at radius 2 is 1.70 bits per heavy atom. The Labute approximate surface area is 131 Å². The molecule has 110 valence electrons. The average Bonchev–Trinajstić information content (AvgIpc) is 3.17. The first-order chi connectivity index (χ1) is 11.3. The Morgan fingerprint density at radius 1 is 0.913 bits per heavy atom. The zero-order valence-corrected chi connectivity index (χ0v) is 12.4. The third-order valence-electron chi connectivity index (χ3n) is 3.96. The van der Waals surface area contributed by atoms with Crippen LogP contribution in [0.3, 0.4) is 0 Å². The molecule has 0 fully saturated rings. The van der Waals surface area contributed by atoms with Crippen LogP contribution in [-0.4, -0.2) is 29.6 Å². The summed E-state index contributed by atoms with van der Waals surface area (Å²) in [5.41, 5.74) is 4.52. The van der Waals surface area contributed by atoms with Gasteiger partial charge in [0.15, 0.2) is 11.5 Å². The van der Waals surface area contributed by atoms with Crippen LogP contribution >= 0.6 is 0 Å². The molecule has 5 rings (SSSR count). The van der Waals surface area contributed by atoms with E-state index in [-0.39, 0.29) is 0 Å². The maximum absolute atomic E-state index is 4.78.